The van der Waals surface area contributed by atoms with Crippen LogP contribution in [0.2, 0.25) is 0 Å². The fourth-order valence-electron chi connectivity index (χ4n) is 3.67. The van der Waals surface area contributed by atoms with E-state index in [1.54, 1.807) is 20.8 Å². The Morgan fingerprint density at radius 1 is 0.763 bits per heavy atom. The predicted octanol–water partition coefficient (Wildman–Crippen LogP) is 4.52. The van der Waals surface area contributed by atoms with Gasteiger partial charge in [0.25, 0.3) is 5.91 Å². The van der Waals surface area contributed by atoms with Crippen molar-refractivity contribution in [2.75, 3.05) is 13.1 Å². The molecule has 0 aliphatic carbocycles. The molecule has 0 radical (unpaired) electrons. The second-order valence-corrected chi connectivity index (χ2v) is 9.60. The number of hydrogen-bond donors (Lipinski definition) is 3. The molecule has 3 N–H and O–H groups in total. The van der Waals surface area contributed by atoms with E-state index in [4.69, 9.17) is 9.47 Å². The van der Waals surface area contributed by atoms with Gasteiger partial charge in [0.1, 0.15) is 12.2 Å². The lowest BCUT2D eigenvalue weighted by Crippen LogP contribution is -2.53. The SMILES string of the molecule is CC(C)(C)OC(=O)NN(CC(=O)NNC(=O)OCc1ccccc1)CC(c1ccccc1)c1ccccc1. The summed E-state index contributed by atoms with van der Waals surface area (Å²) in [6, 6.07) is 28.8. The molecule has 0 bridgehead atoms. The van der Waals surface area contributed by atoms with E-state index in [0.717, 1.165) is 16.7 Å². The molecule has 0 spiro atoms. The molecule has 3 amide bonds. The van der Waals surface area contributed by atoms with Gasteiger partial charge < -0.3 is 9.47 Å². The first-order chi connectivity index (χ1) is 18.2. The summed E-state index contributed by atoms with van der Waals surface area (Å²) in [7, 11) is 0. The molecule has 0 unspecified atom stereocenters. The number of ether oxygens (including phenoxy) is 2. The van der Waals surface area contributed by atoms with Crippen molar-refractivity contribution >= 4 is 18.1 Å². The van der Waals surface area contributed by atoms with Gasteiger partial charge in [-0.1, -0.05) is 91.0 Å². The molecule has 0 aromatic heterocycles. The first-order valence-electron chi connectivity index (χ1n) is 12.3. The third kappa shape index (κ3) is 9.94. The monoisotopic (exact) mass is 518 g/mol. The maximum absolute atomic E-state index is 12.7. The number of hydrazine groups is 2. The Morgan fingerprint density at radius 2 is 1.29 bits per heavy atom. The molecule has 200 valence electrons. The normalized spacial score (nSPS) is 11.1. The third-order valence-electron chi connectivity index (χ3n) is 5.31. The molecule has 0 heterocycles. The van der Waals surface area contributed by atoms with Crippen LogP contribution in [0.1, 0.15) is 43.4 Å². The van der Waals surface area contributed by atoms with Crippen LogP contribution in [-0.2, 0) is 20.9 Å². The Hall–Kier alpha value is -4.37. The first kappa shape index (κ1) is 28.2. The lowest BCUT2D eigenvalue weighted by Gasteiger charge is -2.29. The summed E-state index contributed by atoms with van der Waals surface area (Å²) < 4.78 is 10.5. The molecule has 0 saturated carbocycles. The van der Waals surface area contributed by atoms with Crippen LogP contribution in [0.3, 0.4) is 0 Å². The number of hydrogen-bond acceptors (Lipinski definition) is 6. The maximum Gasteiger partial charge on any atom is 0.426 e. The molecule has 3 aromatic rings. The number of benzene rings is 3. The van der Waals surface area contributed by atoms with Gasteiger partial charge in [-0.2, -0.15) is 0 Å². The predicted molar refractivity (Wildman–Crippen MR) is 144 cm³/mol. The third-order valence-corrected chi connectivity index (χ3v) is 5.31. The van der Waals surface area contributed by atoms with E-state index in [2.05, 4.69) is 16.3 Å². The van der Waals surface area contributed by atoms with Crippen LogP contribution in [0.15, 0.2) is 91.0 Å². The van der Waals surface area contributed by atoms with Gasteiger partial charge >= 0.3 is 12.2 Å². The van der Waals surface area contributed by atoms with Gasteiger partial charge in [-0.3, -0.25) is 15.6 Å². The zero-order valence-electron chi connectivity index (χ0n) is 21.8. The number of carbonyl (C=O) groups is 3. The van der Waals surface area contributed by atoms with Crippen LogP contribution in [0, 0.1) is 0 Å². The van der Waals surface area contributed by atoms with Crippen molar-refractivity contribution in [1.82, 2.24) is 21.3 Å². The van der Waals surface area contributed by atoms with Gasteiger partial charge in [0.15, 0.2) is 0 Å². The highest BCUT2D eigenvalue weighted by atomic mass is 16.6. The summed E-state index contributed by atoms with van der Waals surface area (Å²) in [6.07, 6.45) is -1.50. The molecule has 0 fully saturated rings. The Labute approximate surface area is 223 Å². The summed E-state index contributed by atoms with van der Waals surface area (Å²) in [5, 5.41) is 1.46. The molecule has 0 aliphatic rings. The largest absolute Gasteiger partial charge is 0.443 e. The zero-order chi connectivity index (χ0) is 27.4. The molecular weight excluding hydrogens is 484 g/mol. The lowest BCUT2D eigenvalue weighted by molar-refractivity contribution is -0.123. The Morgan fingerprint density at radius 3 is 1.82 bits per heavy atom. The van der Waals surface area contributed by atoms with E-state index >= 15 is 0 Å². The Balaban J connectivity index is 1.67. The summed E-state index contributed by atoms with van der Waals surface area (Å²) in [5.41, 5.74) is 9.35. The van der Waals surface area contributed by atoms with Crippen molar-refractivity contribution in [2.24, 2.45) is 0 Å². The highest BCUT2D eigenvalue weighted by Gasteiger charge is 2.24. The van der Waals surface area contributed by atoms with Crippen LogP contribution in [0.25, 0.3) is 0 Å². The number of nitrogens with one attached hydrogen (secondary N) is 3. The summed E-state index contributed by atoms with van der Waals surface area (Å²) in [6.45, 7) is 5.33. The van der Waals surface area contributed by atoms with Gasteiger partial charge in [-0.25, -0.2) is 20.0 Å². The van der Waals surface area contributed by atoms with Crippen LogP contribution < -0.4 is 16.3 Å². The molecule has 0 saturated heterocycles. The fourth-order valence-corrected chi connectivity index (χ4v) is 3.67. The number of rotatable bonds is 9. The summed E-state index contributed by atoms with van der Waals surface area (Å²) >= 11 is 0. The lowest BCUT2D eigenvalue weighted by atomic mass is 9.91. The Kier molecular flexibility index (Phi) is 10.2. The highest BCUT2D eigenvalue weighted by molar-refractivity contribution is 5.81. The zero-order valence-corrected chi connectivity index (χ0v) is 21.8. The van der Waals surface area contributed by atoms with E-state index in [1.807, 2.05) is 91.0 Å². The van der Waals surface area contributed by atoms with E-state index < -0.39 is 23.7 Å². The van der Waals surface area contributed by atoms with E-state index in [-0.39, 0.29) is 25.6 Å². The number of nitrogens with zero attached hydrogens (tertiary/aromatic N) is 1. The van der Waals surface area contributed by atoms with Gasteiger partial charge in [-0.05, 0) is 37.5 Å². The van der Waals surface area contributed by atoms with Gasteiger partial charge in [-0.15, -0.1) is 0 Å². The average Bonchev–Trinajstić information content (AvgIpc) is 2.89. The second kappa shape index (κ2) is 13.8. The minimum atomic E-state index is -0.805. The molecule has 9 nitrogen and oxygen atoms in total. The average molecular weight is 519 g/mol. The van der Waals surface area contributed by atoms with Crippen molar-refractivity contribution in [3.63, 3.8) is 0 Å². The standard InChI is InChI=1S/C29H34N4O5/c1-29(2,3)38-28(36)32-33(19-25(23-15-9-5-10-16-23)24-17-11-6-12-18-24)20-26(34)30-31-27(35)37-21-22-13-7-4-8-14-22/h4-18,25H,19-21H2,1-3H3,(H,30,34)(H,31,35)(H,32,36). The van der Waals surface area contributed by atoms with Crippen molar-refractivity contribution in [2.45, 2.75) is 38.9 Å². The van der Waals surface area contributed by atoms with Crippen molar-refractivity contribution in [1.29, 1.82) is 0 Å². The molecule has 3 aromatic carbocycles. The van der Waals surface area contributed by atoms with Crippen LogP contribution in [0.5, 0.6) is 0 Å². The number of carbonyl (C=O) groups excluding carboxylic acids is 3. The minimum absolute atomic E-state index is 0.0602. The summed E-state index contributed by atoms with van der Waals surface area (Å²) in [4.78, 5) is 37.4. The summed E-state index contributed by atoms with van der Waals surface area (Å²) in [5.74, 6) is -0.721. The second-order valence-electron chi connectivity index (χ2n) is 9.60. The van der Waals surface area contributed by atoms with E-state index in [0.29, 0.717) is 0 Å². The fraction of sp³-hybridized carbons (Fsp3) is 0.276. The first-order valence-corrected chi connectivity index (χ1v) is 12.3. The molecule has 3 rings (SSSR count). The van der Waals surface area contributed by atoms with Gasteiger partial charge in [0.2, 0.25) is 0 Å². The van der Waals surface area contributed by atoms with Crippen molar-refractivity contribution in [3.8, 4) is 0 Å². The topological polar surface area (TPSA) is 109 Å². The van der Waals surface area contributed by atoms with Crippen molar-refractivity contribution < 1.29 is 23.9 Å². The Bertz CT molecular complexity index is 1130. The van der Waals surface area contributed by atoms with Crippen LogP contribution in [-0.4, -0.2) is 41.8 Å². The van der Waals surface area contributed by atoms with Gasteiger partial charge in [0, 0.05) is 12.5 Å². The molecule has 0 aliphatic heterocycles. The highest BCUT2D eigenvalue weighted by Crippen LogP contribution is 2.25. The number of amides is 3. The van der Waals surface area contributed by atoms with Crippen molar-refractivity contribution in [3.05, 3.63) is 108 Å². The molecule has 9 heteroatoms. The minimum Gasteiger partial charge on any atom is -0.443 e. The smallest absolute Gasteiger partial charge is 0.426 e. The van der Waals surface area contributed by atoms with E-state index in [1.165, 1.54) is 5.01 Å². The van der Waals surface area contributed by atoms with E-state index in [9.17, 15) is 14.4 Å². The molecular formula is C29H34N4O5. The van der Waals surface area contributed by atoms with Crippen LogP contribution >= 0.6 is 0 Å². The van der Waals surface area contributed by atoms with Crippen LogP contribution in [0.4, 0.5) is 9.59 Å². The molecule has 38 heavy (non-hydrogen) atoms. The maximum atomic E-state index is 12.7. The van der Waals surface area contributed by atoms with Gasteiger partial charge in [0.05, 0.1) is 6.54 Å². The quantitative estimate of drug-likeness (QED) is 0.360. The molecule has 0 atom stereocenters.